The SMILES string of the molecule is CC.CC#CC(C)=O.CCC1SC1C.CCCCCC(C)CC.CCCc1cc(N)c(C#N)cc1C. The van der Waals surface area contributed by atoms with Crippen molar-refractivity contribution in [1.82, 2.24) is 0 Å². The zero-order valence-electron chi connectivity index (χ0n) is 25.4. The summed E-state index contributed by atoms with van der Waals surface area (Å²) in [5.74, 6) is 5.67. The normalized spacial score (nSPS) is 15.2. The van der Waals surface area contributed by atoms with E-state index < -0.39 is 0 Å². The average molecular weight is 517 g/mol. The Hall–Kier alpha value is -1.91. The van der Waals surface area contributed by atoms with Crippen molar-refractivity contribution in [3.8, 4) is 17.9 Å². The molecule has 0 amide bonds. The Kier molecular flexibility index (Phi) is 28.1. The molecule has 1 saturated heterocycles. The number of carbonyl (C=O) groups is 1. The van der Waals surface area contributed by atoms with Gasteiger partial charge in [0, 0.05) is 23.1 Å². The van der Waals surface area contributed by atoms with Crippen molar-refractivity contribution < 1.29 is 4.79 Å². The molecule has 1 aliphatic heterocycles. The lowest BCUT2D eigenvalue weighted by atomic mass is 10.0. The van der Waals surface area contributed by atoms with Gasteiger partial charge in [0.25, 0.3) is 0 Å². The van der Waals surface area contributed by atoms with Gasteiger partial charge in [0.1, 0.15) is 6.07 Å². The van der Waals surface area contributed by atoms with E-state index in [0.717, 1.165) is 34.8 Å². The number of nitrogens with two attached hydrogens (primary N) is 1. The van der Waals surface area contributed by atoms with E-state index in [2.05, 4.69) is 71.2 Å². The second kappa shape index (κ2) is 26.2. The maximum atomic E-state index is 9.87. The maximum Gasteiger partial charge on any atom is 0.202 e. The molecule has 1 heterocycles. The van der Waals surface area contributed by atoms with Crippen LogP contribution in [0.3, 0.4) is 0 Å². The fourth-order valence-corrected chi connectivity index (χ4v) is 4.03. The number of hydrogen-bond donors (Lipinski definition) is 1. The first kappa shape index (κ1) is 38.6. The van der Waals surface area contributed by atoms with Crippen molar-refractivity contribution in [2.45, 2.75) is 138 Å². The molecular formula is C32H56N2OS. The van der Waals surface area contributed by atoms with Gasteiger partial charge in [-0.25, -0.2) is 0 Å². The number of rotatable bonds is 8. The lowest BCUT2D eigenvalue weighted by Crippen LogP contribution is -1.96. The topological polar surface area (TPSA) is 66.9 Å². The fourth-order valence-electron chi connectivity index (χ4n) is 3.19. The highest BCUT2D eigenvalue weighted by molar-refractivity contribution is 8.07. The zero-order valence-corrected chi connectivity index (χ0v) is 26.2. The number of Topliss-reactive ketones (excluding diaryl/α,β-unsaturated/α-hetero) is 1. The minimum atomic E-state index is -0.0718. The molecule has 1 aromatic carbocycles. The van der Waals surface area contributed by atoms with Gasteiger partial charge in [-0.2, -0.15) is 17.0 Å². The summed E-state index contributed by atoms with van der Waals surface area (Å²) >= 11 is 2.09. The molecule has 3 atom stereocenters. The molecule has 0 aromatic heterocycles. The molecular weight excluding hydrogens is 460 g/mol. The van der Waals surface area contributed by atoms with E-state index in [9.17, 15) is 4.79 Å². The third-order valence-corrected chi connectivity index (χ3v) is 7.22. The van der Waals surface area contributed by atoms with Crippen molar-refractivity contribution in [3.05, 3.63) is 28.8 Å². The Bertz CT molecular complexity index is 784. The Labute approximate surface area is 229 Å². The van der Waals surface area contributed by atoms with Crippen LogP contribution in [-0.2, 0) is 11.2 Å². The van der Waals surface area contributed by atoms with Crippen molar-refractivity contribution in [2.24, 2.45) is 5.92 Å². The van der Waals surface area contributed by atoms with Gasteiger partial charge in [-0.1, -0.05) is 99.8 Å². The number of thioether (sulfide) groups is 1. The highest BCUT2D eigenvalue weighted by atomic mass is 32.2. The van der Waals surface area contributed by atoms with Gasteiger partial charge in [0.05, 0.1) is 5.56 Å². The second-order valence-electron chi connectivity index (χ2n) is 8.96. The molecule has 0 saturated carbocycles. The summed E-state index contributed by atoms with van der Waals surface area (Å²) in [5, 5.41) is 10.7. The van der Waals surface area contributed by atoms with Crippen LogP contribution in [0.5, 0.6) is 0 Å². The summed E-state index contributed by atoms with van der Waals surface area (Å²) in [4.78, 5) is 9.87. The van der Waals surface area contributed by atoms with E-state index in [-0.39, 0.29) is 5.78 Å². The first-order valence-electron chi connectivity index (χ1n) is 14.0. The van der Waals surface area contributed by atoms with E-state index in [1.807, 2.05) is 32.9 Å². The van der Waals surface area contributed by atoms with Gasteiger partial charge in [0.15, 0.2) is 0 Å². The predicted molar refractivity (Wildman–Crippen MR) is 165 cm³/mol. The standard InChI is InChI=1S/C11H14N2.C9H20.C5H6O.C5H10S.C2H6/c1-3-4-9-6-11(13)10(7-12)5-8(9)2;1-4-6-7-8-9(3)5-2;1-3-4-5(2)6;1-3-5-4(2)6-5;1-2/h5-6H,3-4,13H2,1-2H3;9H,4-8H2,1-3H3;1-2H3;4-5H,3H2,1-2H3;1-2H3. The third kappa shape index (κ3) is 22.5. The molecule has 2 rings (SSSR count). The van der Waals surface area contributed by atoms with Gasteiger partial charge in [-0.15, -0.1) is 0 Å². The number of nitrogen functional groups attached to an aromatic ring is 1. The number of aryl methyl sites for hydroxylation is 2. The number of benzene rings is 1. The summed E-state index contributed by atoms with van der Waals surface area (Å²) in [6, 6.07) is 5.86. The highest BCUT2D eigenvalue weighted by Crippen LogP contribution is 2.42. The molecule has 1 fully saturated rings. The van der Waals surface area contributed by atoms with E-state index in [1.165, 1.54) is 51.0 Å². The van der Waals surface area contributed by atoms with Crippen molar-refractivity contribution in [1.29, 1.82) is 5.26 Å². The summed E-state index contributed by atoms with van der Waals surface area (Å²) < 4.78 is 0. The van der Waals surface area contributed by atoms with Crippen LogP contribution in [0, 0.1) is 36.0 Å². The molecule has 1 aliphatic rings. The Morgan fingerprint density at radius 3 is 2.03 bits per heavy atom. The first-order chi connectivity index (χ1) is 17.1. The predicted octanol–water partition coefficient (Wildman–Crippen LogP) is 9.54. The number of unbranched alkanes of at least 4 members (excludes halogenated alkanes) is 2. The molecule has 3 unspecified atom stereocenters. The molecule has 0 bridgehead atoms. The number of ketones is 1. The molecule has 4 heteroatoms. The van der Waals surface area contributed by atoms with Crippen LogP contribution in [0.15, 0.2) is 12.1 Å². The van der Waals surface area contributed by atoms with Gasteiger partial charge in [0.2, 0.25) is 5.78 Å². The average Bonchev–Trinajstić information content (AvgIpc) is 3.59. The number of carbonyl (C=O) groups excluding carboxylic acids is 1. The van der Waals surface area contributed by atoms with Gasteiger partial charge in [-0.05, 0) is 61.8 Å². The third-order valence-electron chi connectivity index (χ3n) is 5.69. The van der Waals surface area contributed by atoms with E-state index >= 15 is 0 Å². The van der Waals surface area contributed by atoms with E-state index in [1.54, 1.807) is 6.92 Å². The minimum absolute atomic E-state index is 0.0718. The molecule has 0 radical (unpaired) electrons. The molecule has 1 aromatic rings. The van der Waals surface area contributed by atoms with Gasteiger partial charge < -0.3 is 5.73 Å². The van der Waals surface area contributed by atoms with Gasteiger partial charge >= 0.3 is 0 Å². The van der Waals surface area contributed by atoms with Crippen molar-refractivity contribution in [3.63, 3.8) is 0 Å². The minimum Gasteiger partial charge on any atom is -0.398 e. The molecule has 206 valence electrons. The quantitative estimate of drug-likeness (QED) is 0.123. The highest BCUT2D eigenvalue weighted by Gasteiger charge is 2.30. The van der Waals surface area contributed by atoms with Crippen molar-refractivity contribution in [2.75, 3.05) is 5.73 Å². The maximum absolute atomic E-state index is 9.87. The molecule has 0 spiro atoms. The van der Waals surface area contributed by atoms with Crippen LogP contribution in [0.1, 0.15) is 131 Å². The van der Waals surface area contributed by atoms with Crippen LogP contribution >= 0.6 is 11.8 Å². The zero-order chi connectivity index (χ0) is 28.5. The number of nitriles is 1. The van der Waals surface area contributed by atoms with Crippen molar-refractivity contribution >= 4 is 23.2 Å². The molecule has 0 aliphatic carbocycles. The number of nitrogens with zero attached hydrogens (tertiary/aromatic N) is 1. The summed E-state index contributed by atoms with van der Waals surface area (Å²) in [5.41, 5.74) is 9.29. The fraction of sp³-hybridized carbons (Fsp3) is 0.688. The Morgan fingerprint density at radius 1 is 1.14 bits per heavy atom. The molecule has 3 nitrogen and oxygen atoms in total. The van der Waals surface area contributed by atoms with Crippen LogP contribution in [-0.4, -0.2) is 16.3 Å². The van der Waals surface area contributed by atoms with Crippen LogP contribution in [0.2, 0.25) is 0 Å². The lowest BCUT2D eigenvalue weighted by molar-refractivity contribution is -0.111. The Morgan fingerprint density at radius 2 is 1.72 bits per heavy atom. The Balaban J connectivity index is -0.000000415. The summed E-state index contributed by atoms with van der Waals surface area (Å²) in [7, 11) is 0. The van der Waals surface area contributed by atoms with Gasteiger partial charge in [-0.3, -0.25) is 4.79 Å². The number of anilines is 1. The smallest absolute Gasteiger partial charge is 0.202 e. The molecule has 2 N–H and O–H groups in total. The van der Waals surface area contributed by atoms with Crippen LogP contribution < -0.4 is 5.73 Å². The number of hydrogen-bond acceptors (Lipinski definition) is 4. The monoisotopic (exact) mass is 516 g/mol. The van der Waals surface area contributed by atoms with E-state index in [4.69, 9.17) is 11.0 Å². The van der Waals surface area contributed by atoms with Crippen LogP contribution in [0.4, 0.5) is 5.69 Å². The molecule has 36 heavy (non-hydrogen) atoms. The largest absolute Gasteiger partial charge is 0.398 e. The lowest BCUT2D eigenvalue weighted by Gasteiger charge is -2.06. The summed E-state index contributed by atoms with van der Waals surface area (Å²) in [6.45, 7) is 22.7. The van der Waals surface area contributed by atoms with Crippen LogP contribution in [0.25, 0.3) is 0 Å². The first-order valence-corrected chi connectivity index (χ1v) is 14.9. The second-order valence-corrected chi connectivity index (χ2v) is 10.6. The van der Waals surface area contributed by atoms with E-state index in [0.29, 0.717) is 11.3 Å². The summed E-state index contributed by atoms with van der Waals surface area (Å²) in [6.07, 6.45) is 10.5.